The number of halogens is 3. The zero-order chi connectivity index (χ0) is 19.4. The maximum atomic E-state index is 11.9. The average molecular weight is 426 g/mol. The standard InChI is InChI=1S/C16H11Cl3N6O2/c17-10-5-9(15(27)13(19)6-10)7-20-21-14(26)8-25-23-16(22-24-25)11-3-1-2-4-12(11)18/h1-7,27H,8H2,(H,21,26). The number of aromatic hydroxyl groups is 1. The Labute approximate surface area is 168 Å². The lowest BCUT2D eigenvalue weighted by Crippen LogP contribution is -2.24. The van der Waals surface area contributed by atoms with Gasteiger partial charge in [0.1, 0.15) is 12.3 Å². The Kier molecular flexibility index (Phi) is 5.90. The van der Waals surface area contributed by atoms with Gasteiger partial charge >= 0.3 is 0 Å². The number of benzene rings is 2. The molecule has 0 spiro atoms. The fourth-order valence-corrected chi connectivity index (χ4v) is 2.81. The van der Waals surface area contributed by atoms with Gasteiger partial charge in [-0.1, -0.05) is 46.9 Å². The van der Waals surface area contributed by atoms with E-state index >= 15 is 0 Å². The molecule has 0 aliphatic carbocycles. The maximum Gasteiger partial charge on any atom is 0.263 e. The summed E-state index contributed by atoms with van der Waals surface area (Å²) in [6.07, 6.45) is 1.22. The lowest BCUT2D eigenvalue weighted by molar-refractivity contribution is -0.122. The third-order valence-electron chi connectivity index (χ3n) is 3.30. The number of phenols is 1. The smallest absolute Gasteiger partial charge is 0.263 e. The van der Waals surface area contributed by atoms with Crippen LogP contribution in [0.2, 0.25) is 15.1 Å². The SMILES string of the molecule is O=C(Cn1nnc(-c2ccccc2Cl)n1)NN=Cc1cc(Cl)cc(Cl)c1O. The molecule has 0 atom stereocenters. The van der Waals surface area contributed by atoms with Crippen LogP contribution in [0, 0.1) is 0 Å². The number of hydrogen-bond acceptors (Lipinski definition) is 6. The topological polar surface area (TPSA) is 105 Å². The van der Waals surface area contributed by atoms with E-state index in [1.54, 1.807) is 24.3 Å². The third kappa shape index (κ3) is 4.73. The van der Waals surface area contributed by atoms with Crippen molar-refractivity contribution in [1.82, 2.24) is 25.6 Å². The predicted molar refractivity (Wildman–Crippen MR) is 102 cm³/mol. The summed E-state index contributed by atoms with van der Waals surface area (Å²) in [5, 5.41) is 26.2. The molecule has 0 bridgehead atoms. The largest absolute Gasteiger partial charge is 0.506 e. The van der Waals surface area contributed by atoms with Gasteiger partial charge in [-0.2, -0.15) is 9.90 Å². The molecule has 138 valence electrons. The molecule has 1 heterocycles. The molecule has 0 aliphatic heterocycles. The van der Waals surface area contributed by atoms with Crippen LogP contribution in [0.4, 0.5) is 0 Å². The van der Waals surface area contributed by atoms with E-state index < -0.39 is 5.91 Å². The molecule has 0 fully saturated rings. The summed E-state index contributed by atoms with van der Waals surface area (Å²) < 4.78 is 0. The van der Waals surface area contributed by atoms with Crippen LogP contribution in [-0.2, 0) is 11.3 Å². The van der Waals surface area contributed by atoms with Crippen molar-refractivity contribution in [3.63, 3.8) is 0 Å². The normalized spacial score (nSPS) is 11.1. The van der Waals surface area contributed by atoms with E-state index in [1.165, 1.54) is 18.3 Å². The molecule has 8 nitrogen and oxygen atoms in total. The van der Waals surface area contributed by atoms with Gasteiger partial charge in [-0.25, -0.2) is 5.43 Å². The van der Waals surface area contributed by atoms with Gasteiger partial charge < -0.3 is 5.11 Å². The Morgan fingerprint density at radius 2 is 2.00 bits per heavy atom. The van der Waals surface area contributed by atoms with Crippen molar-refractivity contribution in [3.05, 3.63) is 57.0 Å². The van der Waals surface area contributed by atoms with Crippen LogP contribution in [-0.4, -0.2) is 37.4 Å². The van der Waals surface area contributed by atoms with Crippen molar-refractivity contribution >= 4 is 46.9 Å². The van der Waals surface area contributed by atoms with Crippen LogP contribution >= 0.6 is 34.8 Å². The molecular formula is C16H11Cl3N6O2. The van der Waals surface area contributed by atoms with Crippen LogP contribution in [0.5, 0.6) is 5.75 Å². The van der Waals surface area contributed by atoms with Gasteiger partial charge in [-0.3, -0.25) is 4.79 Å². The van der Waals surface area contributed by atoms with Crippen molar-refractivity contribution in [3.8, 4) is 17.1 Å². The van der Waals surface area contributed by atoms with E-state index in [0.717, 1.165) is 4.80 Å². The van der Waals surface area contributed by atoms with Gasteiger partial charge in [0.25, 0.3) is 5.91 Å². The highest BCUT2D eigenvalue weighted by atomic mass is 35.5. The van der Waals surface area contributed by atoms with Crippen LogP contribution in [0.15, 0.2) is 41.5 Å². The van der Waals surface area contributed by atoms with E-state index in [9.17, 15) is 9.90 Å². The van der Waals surface area contributed by atoms with Gasteiger partial charge in [0.05, 0.1) is 16.3 Å². The van der Waals surface area contributed by atoms with Crippen LogP contribution in [0.25, 0.3) is 11.4 Å². The predicted octanol–water partition coefficient (Wildman–Crippen LogP) is 3.16. The quantitative estimate of drug-likeness (QED) is 0.482. The second-order valence-electron chi connectivity index (χ2n) is 5.24. The van der Waals surface area contributed by atoms with E-state index in [0.29, 0.717) is 21.4 Å². The molecule has 0 saturated carbocycles. The Morgan fingerprint density at radius 1 is 1.22 bits per heavy atom. The average Bonchev–Trinajstić information content (AvgIpc) is 3.07. The van der Waals surface area contributed by atoms with Crippen LogP contribution < -0.4 is 5.43 Å². The summed E-state index contributed by atoms with van der Waals surface area (Å²) in [6.45, 7) is -0.211. The molecule has 1 amide bonds. The maximum absolute atomic E-state index is 11.9. The fourth-order valence-electron chi connectivity index (χ4n) is 2.08. The number of nitrogens with one attached hydrogen (secondary N) is 1. The Hall–Kier alpha value is -2.68. The van der Waals surface area contributed by atoms with Gasteiger partial charge in [0.2, 0.25) is 5.82 Å². The molecule has 2 N–H and O–H groups in total. The van der Waals surface area contributed by atoms with E-state index in [4.69, 9.17) is 34.8 Å². The number of phenolic OH excluding ortho intramolecular Hbond substituents is 1. The summed E-state index contributed by atoms with van der Waals surface area (Å²) in [5.74, 6) is -0.390. The molecule has 0 aliphatic rings. The van der Waals surface area contributed by atoms with Gasteiger partial charge in [-0.15, -0.1) is 10.2 Å². The number of amides is 1. The van der Waals surface area contributed by atoms with Crippen LogP contribution in [0.3, 0.4) is 0 Å². The summed E-state index contributed by atoms with van der Waals surface area (Å²) in [7, 11) is 0. The van der Waals surface area contributed by atoms with Gasteiger partial charge in [-0.05, 0) is 29.5 Å². The molecular weight excluding hydrogens is 415 g/mol. The van der Waals surface area contributed by atoms with Crippen molar-refractivity contribution in [2.45, 2.75) is 6.54 Å². The number of carbonyl (C=O) groups is 1. The molecule has 27 heavy (non-hydrogen) atoms. The highest BCUT2D eigenvalue weighted by molar-refractivity contribution is 6.36. The minimum absolute atomic E-state index is 0.0780. The van der Waals surface area contributed by atoms with E-state index in [-0.39, 0.29) is 22.9 Å². The monoisotopic (exact) mass is 424 g/mol. The lowest BCUT2D eigenvalue weighted by Gasteiger charge is -2.02. The molecule has 11 heteroatoms. The summed E-state index contributed by atoms with van der Waals surface area (Å²) >= 11 is 17.7. The van der Waals surface area contributed by atoms with Crippen molar-refractivity contribution in [2.75, 3.05) is 0 Å². The molecule has 2 aromatic carbocycles. The molecule has 1 aromatic heterocycles. The molecule has 3 aromatic rings. The first kappa shape index (κ1) is 19.1. The zero-order valence-electron chi connectivity index (χ0n) is 13.5. The highest BCUT2D eigenvalue weighted by Gasteiger charge is 2.11. The molecule has 0 radical (unpaired) electrons. The first-order chi connectivity index (χ1) is 12.9. The molecule has 0 saturated heterocycles. The van der Waals surface area contributed by atoms with Crippen molar-refractivity contribution in [1.29, 1.82) is 0 Å². The number of aromatic nitrogens is 4. The zero-order valence-corrected chi connectivity index (χ0v) is 15.7. The van der Waals surface area contributed by atoms with Crippen molar-refractivity contribution in [2.24, 2.45) is 5.10 Å². The fraction of sp³-hybridized carbons (Fsp3) is 0.0625. The molecule has 3 rings (SSSR count). The van der Waals surface area contributed by atoms with Gasteiger partial charge in [0, 0.05) is 16.1 Å². The first-order valence-corrected chi connectivity index (χ1v) is 8.60. The van der Waals surface area contributed by atoms with E-state index in [2.05, 4.69) is 25.9 Å². The number of hydrogen-bond donors (Lipinski definition) is 2. The van der Waals surface area contributed by atoms with E-state index in [1.807, 2.05) is 0 Å². The number of tetrazole rings is 1. The highest BCUT2D eigenvalue weighted by Crippen LogP contribution is 2.29. The number of carbonyl (C=O) groups excluding carboxylic acids is 1. The van der Waals surface area contributed by atoms with Gasteiger partial charge in [0.15, 0.2) is 0 Å². The second kappa shape index (κ2) is 8.34. The minimum atomic E-state index is -0.498. The van der Waals surface area contributed by atoms with Crippen molar-refractivity contribution < 1.29 is 9.90 Å². The minimum Gasteiger partial charge on any atom is -0.506 e. The first-order valence-electron chi connectivity index (χ1n) is 7.46. The second-order valence-corrected chi connectivity index (χ2v) is 6.49. The number of hydrazone groups is 1. The Balaban J connectivity index is 1.63. The lowest BCUT2D eigenvalue weighted by atomic mass is 10.2. The summed E-state index contributed by atoms with van der Waals surface area (Å²) in [4.78, 5) is 13.0. The number of nitrogens with zero attached hydrogens (tertiary/aromatic N) is 5. The van der Waals surface area contributed by atoms with Crippen LogP contribution in [0.1, 0.15) is 5.56 Å². The summed E-state index contributed by atoms with van der Waals surface area (Å²) in [5.41, 5.74) is 3.15. The third-order valence-corrected chi connectivity index (χ3v) is 4.14. The Morgan fingerprint density at radius 3 is 2.78 bits per heavy atom. The summed E-state index contributed by atoms with van der Waals surface area (Å²) in [6, 6.07) is 9.87. The molecule has 0 unspecified atom stereocenters. The number of rotatable bonds is 5. The Bertz CT molecular complexity index is 1020.